The SMILES string of the molecule is CCn1c2ccccc2c2cc(-c3ccc(-c4ccc(-c5c6ccccc6c(-c6ccc(-c7ccc(C(C)(C)C)cc7)cc6)c6ccccc56)cc4)cc3)ccc21.CCn1c2ccccc2c2cc(-c3ccc(-c4ccc(-c5c6ccccc6c(-c6ccc(C(C)(C)C)cc6)c6ccccc56)cc4)cc3)ccc21. The van der Waals surface area contributed by atoms with Gasteiger partial charge in [0.05, 0.1) is 0 Å². The van der Waals surface area contributed by atoms with Gasteiger partial charge in [0.15, 0.2) is 0 Å². The van der Waals surface area contributed by atoms with Crippen molar-refractivity contribution in [3.8, 4) is 100 Å². The van der Waals surface area contributed by atoms with Gasteiger partial charge in [0.25, 0.3) is 0 Å². The standard InChI is InChI=1S/C56H45N.C50H41N/c1-5-57-52-17-11-10-12-46(52)51-36-44(32-35-53(51)57)41-20-18-37(19-21-41)38-22-26-42(27-23-38)54-47-13-6-8-15-49(47)55(50-16-9-7-14-48(50)54)43-28-24-39(25-29-43)40-30-33-45(34-31-40)56(2,3)4;1-5-51-46-17-11-10-12-40(46)45-32-38(28-31-47(45)51)35-20-18-33(19-21-35)34-22-24-36(25-23-34)48-41-13-6-8-15-43(41)49(44-16-9-7-14-42(44)48)37-26-29-39(30-27-37)50(2,3)4/h6-36H,5H2,1-4H3;6-32H,5H2,1-4H3. The maximum atomic E-state index is 2.41. The number of para-hydroxylation sites is 2. The van der Waals surface area contributed by atoms with Crippen LogP contribution in [0, 0.1) is 0 Å². The molecule has 2 aromatic heterocycles. The zero-order valence-electron chi connectivity index (χ0n) is 62.8. The third kappa shape index (κ3) is 12.0. The summed E-state index contributed by atoms with van der Waals surface area (Å²) in [7, 11) is 0. The molecule has 2 heteroatoms. The second-order valence-corrected chi connectivity index (χ2v) is 31.2. The van der Waals surface area contributed by atoms with E-state index in [0.29, 0.717) is 0 Å². The number of rotatable bonds is 11. The van der Waals surface area contributed by atoms with Crippen LogP contribution in [0.1, 0.15) is 66.5 Å². The first kappa shape index (κ1) is 67.3. The molecule has 0 bridgehead atoms. The van der Waals surface area contributed by atoms with Crippen molar-refractivity contribution in [2.24, 2.45) is 0 Å². The summed E-state index contributed by atoms with van der Waals surface area (Å²) in [6.45, 7) is 20.0. The lowest BCUT2D eigenvalue weighted by molar-refractivity contribution is 0.590. The molecule has 0 fully saturated rings. The smallest absolute Gasteiger partial charge is 0.0491 e. The molecule has 0 amide bonds. The van der Waals surface area contributed by atoms with Gasteiger partial charge in [0.1, 0.15) is 0 Å². The Labute approximate surface area is 634 Å². The van der Waals surface area contributed by atoms with Gasteiger partial charge in [-0.15, -0.1) is 0 Å². The number of aromatic nitrogens is 2. The van der Waals surface area contributed by atoms with E-state index in [1.54, 1.807) is 0 Å². The highest BCUT2D eigenvalue weighted by Gasteiger charge is 2.22. The summed E-state index contributed by atoms with van der Waals surface area (Å²) < 4.78 is 4.82. The van der Waals surface area contributed by atoms with E-state index in [2.05, 4.69) is 416 Å². The molecule has 108 heavy (non-hydrogen) atoms. The van der Waals surface area contributed by atoms with E-state index in [1.165, 1.54) is 198 Å². The number of aryl methyl sites for hydroxylation is 2. The van der Waals surface area contributed by atoms with Crippen LogP contribution in [-0.4, -0.2) is 9.13 Å². The van der Waals surface area contributed by atoms with Crippen LogP contribution in [0.4, 0.5) is 0 Å². The molecule has 0 unspecified atom stereocenters. The molecule has 0 aliphatic heterocycles. The van der Waals surface area contributed by atoms with Crippen LogP contribution >= 0.6 is 0 Å². The fourth-order valence-corrected chi connectivity index (χ4v) is 17.1. The third-order valence-corrected chi connectivity index (χ3v) is 22.8. The lowest BCUT2D eigenvalue weighted by Crippen LogP contribution is -2.10. The summed E-state index contributed by atoms with van der Waals surface area (Å²) >= 11 is 0. The van der Waals surface area contributed by atoms with Crippen LogP contribution in [-0.2, 0) is 23.9 Å². The predicted octanol–water partition coefficient (Wildman–Crippen LogP) is 29.8. The molecule has 0 saturated carbocycles. The fourth-order valence-electron chi connectivity index (χ4n) is 17.1. The van der Waals surface area contributed by atoms with Gasteiger partial charge in [-0.05, 0) is 215 Å². The van der Waals surface area contributed by atoms with Crippen molar-refractivity contribution in [2.75, 3.05) is 0 Å². The van der Waals surface area contributed by atoms with E-state index in [9.17, 15) is 0 Å². The molecule has 2 nitrogen and oxygen atoms in total. The second kappa shape index (κ2) is 27.4. The Bertz CT molecular complexity index is 6500. The molecule has 0 N–H and O–H groups in total. The molecular weight excluding hydrogens is 1300 g/mol. The van der Waals surface area contributed by atoms with Crippen molar-refractivity contribution < 1.29 is 0 Å². The lowest BCUT2D eigenvalue weighted by Gasteiger charge is -2.21. The van der Waals surface area contributed by atoms with Crippen LogP contribution in [0.2, 0.25) is 0 Å². The van der Waals surface area contributed by atoms with E-state index in [1.807, 2.05) is 0 Å². The van der Waals surface area contributed by atoms with Gasteiger partial charge in [-0.3, -0.25) is 0 Å². The summed E-state index contributed by atoms with van der Waals surface area (Å²) in [6, 6.07) is 131. The largest absolute Gasteiger partial charge is 0.341 e. The molecule has 0 aliphatic rings. The topological polar surface area (TPSA) is 9.86 Å². The van der Waals surface area contributed by atoms with E-state index in [-0.39, 0.29) is 10.8 Å². The summed E-state index contributed by atoms with van der Waals surface area (Å²) in [5.41, 5.74) is 30.5. The Kier molecular flexibility index (Phi) is 17.1. The van der Waals surface area contributed by atoms with E-state index < -0.39 is 0 Å². The molecule has 0 aliphatic carbocycles. The maximum Gasteiger partial charge on any atom is 0.0491 e. The van der Waals surface area contributed by atoms with Gasteiger partial charge in [-0.2, -0.15) is 0 Å². The summed E-state index contributed by atoms with van der Waals surface area (Å²) in [5, 5.41) is 15.5. The minimum absolute atomic E-state index is 0.118. The Morgan fingerprint density at radius 1 is 0.176 bits per heavy atom. The van der Waals surface area contributed by atoms with Gasteiger partial charge in [-0.25, -0.2) is 0 Å². The molecule has 19 aromatic rings. The molecule has 19 rings (SSSR count). The Hall–Kier alpha value is -12.6. The summed E-state index contributed by atoms with van der Waals surface area (Å²) in [4.78, 5) is 0. The van der Waals surface area contributed by atoms with Crippen LogP contribution < -0.4 is 0 Å². The van der Waals surface area contributed by atoms with Gasteiger partial charge in [0.2, 0.25) is 0 Å². The van der Waals surface area contributed by atoms with Crippen LogP contribution in [0.5, 0.6) is 0 Å². The highest BCUT2D eigenvalue weighted by molar-refractivity contribution is 6.23. The Morgan fingerprint density at radius 2 is 0.352 bits per heavy atom. The second-order valence-electron chi connectivity index (χ2n) is 31.2. The molecule has 0 spiro atoms. The monoisotopic (exact) mass is 1390 g/mol. The van der Waals surface area contributed by atoms with Crippen LogP contribution in [0.3, 0.4) is 0 Å². The minimum Gasteiger partial charge on any atom is -0.341 e. The molecular formula is C106H86N2. The average Bonchev–Trinajstić information content (AvgIpc) is 0.976. The Balaban J connectivity index is 0.000000153. The summed E-state index contributed by atoms with van der Waals surface area (Å²) in [5.74, 6) is 0. The number of hydrogen-bond acceptors (Lipinski definition) is 0. The zero-order chi connectivity index (χ0) is 73.4. The van der Waals surface area contributed by atoms with Crippen LogP contribution in [0.15, 0.2) is 352 Å². The molecule has 0 radical (unpaired) electrons. The van der Waals surface area contributed by atoms with Crippen molar-refractivity contribution >= 4 is 86.7 Å². The number of fused-ring (bicyclic) bond motifs is 10. The number of nitrogens with zero attached hydrogens (tertiary/aromatic N) is 2. The van der Waals surface area contributed by atoms with Gasteiger partial charge < -0.3 is 9.13 Å². The quantitative estimate of drug-likeness (QED) is 0.114. The summed E-state index contributed by atoms with van der Waals surface area (Å²) in [6.07, 6.45) is 0. The normalized spacial score (nSPS) is 12.0. The van der Waals surface area contributed by atoms with Gasteiger partial charge in [-0.1, -0.05) is 357 Å². The molecule has 2 heterocycles. The molecule has 520 valence electrons. The van der Waals surface area contributed by atoms with E-state index in [0.717, 1.165) is 13.1 Å². The van der Waals surface area contributed by atoms with Crippen molar-refractivity contribution in [2.45, 2.75) is 79.3 Å². The predicted molar refractivity (Wildman–Crippen MR) is 467 cm³/mol. The van der Waals surface area contributed by atoms with Gasteiger partial charge in [0, 0.05) is 56.7 Å². The molecule has 0 atom stereocenters. The highest BCUT2D eigenvalue weighted by atomic mass is 15.0. The van der Waals surface area contributed by atoms with Crippen molar-refractivity contribution in [3.63, 3.8) is 0 Å². The minimum atomic E-state index is 0.118. The van der Waals surface area contributed by atoms with E-state index in [4.69, 9.17) is 0 Å². The zero-order valence-corrected chi connectivity index (χ0v) is 62.8. The van der Waals surface area contributed by atoms with Gasteiger partial charge >= 0.3 is 0 Å². The lowest BCUT2D eigenvalue weighted by atomic mass is 9.83. The first-order valence-electron chi connectivity index (χ1n) is 38.4. The van der Waals surface area contributed by atoms with Crippen molar-refractivity contribution in [1.82, 2.24) is 9.13 Å². The average molecular weight is 1390 g/mol. The third-order valence-electron chi connectivity index (χ3n) is 22.8. The Morgan fingerprint density at radius 3 is 0.583 bits per heavy atom. The van der Waals surface area contributed by atoms with Crippen LogP contribution in [0.25, 0.3) is 187 Å². The highest BCUT2D eigenvalue weighted by Crippen LogP contribution is 2.48. The molecule has 17 aromatic carbocycles. The number of benzene rings is 17. The maximum absolute atomic E-state index is 2.41. The van der Waals surface area contributed by atoms with E-state index >= 15 is 0 Å². The van der Waals surface area contributed by atoms with Crippen molar-refractivity contribution in [1.29, 1.82) is 0 Å². The first-order valence-corrected chi connectivity index (χ1v) is 38.4. The first-order chi connectivity index (χ1) is 52.7. The van der Waals surface area contributed by atoms with Crippen molar-refractivity contribution in [3.05, 3.63) is 363 Å². The number of hydrogen-bond donors (Lipinski definition) is 0. The molecule has 0 saturated heterocycles. The fraction of sp³-hybridized carbons (Fsp3) is 0.113.